The van der Waals surface area contributed by atoms with Crippen molar-refractivity contribution in [2.45, 2.75) is 51.6 Å². The monoisotopic (exact) mass is 180 g/mol. The van der Waals surface area contributed by atoms with Gasteiger partial charge in [0.15, 0.2) is 0 Å². The molecule has 2 aliphatic rings. The minimum absolute atomic E-state index is 0.0784. The van der Waals surface area contributed by atoms with E-state index in [2.05, 4.69) is 6.58 Å². The summed E-state index contributed by atoms with van der Waals surface area (Å²) in [4.78, 5) is 0. The maximum Gasteiger partial charge on any atom is 0.0661 e. The van der Waals surface area contributed by atoms with Crippen molar-refractivity contribution in [2.75, 3.05) is 0 Å². The van der Waals surface area contributed by atoms with Gasteiger partial charge in [0.05, 0.1) is 6.10 Å². The van der Waals surface area contributed by atoms with Gasteiger partial charge in [-0.3, -0.25) is 0 Å². The fraction of sp³-hybridized carbons (Fsp3) is 0.833. The van der Waals surface area contributed by atoms with E-state index in [0.29, 0.717) is 11.3 Å². The van der Waals surface area contributed by atoms with Crippen molar-refractivity contribution in [3.05, 3.63) is 12.2 Å². The Kier molecular flexibility index (Phi) is 2.23. The van der Waals surface area contributed by atoms with E-state index in [-0.39, 0.29) is 6.10 Å². The molecular weight excluding hydrogens is 160 g/mol. The van der Waals surface area contributed by atoms with Crippen LogP contribution in [0.3, 0.4) is 0 Å². The average Bonchev–Trinajstić information content (AvgIpc) is 2.15. The first-order valence-electron chi connectivity index (χ1n) is 5.49. The summed E-state index contributed by atoms with van der Waals surface area (Å²) >= 11 is 0. The molecule has 2 saturated carbocycles. The van der Waals surface area contributed by atoms with Gasteiger partial charge >= 0.3 is 0 Å². The lowest BCUT2D eigenvalue weighted by Crippen LogP contribution is -2.53. The second-order valence-electron chi connectivity index (χ2n) is 5.02. The van der Waals surface area contributed by atoms with Crippen LogP contribution in [0.2, 0.25) is 0 Å². The quantitative estimate of drug-likeness (QED) is 0.615. The van der Waals surface area contributed by atoms with E-state index in [9.17, 15) is 5.11 Å². The van der Waals surface area contributed by atoms with Crippen LogP contribution in [0.4, 0.5) is 0 Å². The Morgan fingerprint density at radius 3 is 2.38 bits per heavy atom. The molecule has 0 radical (unpaired) electrons. The average molecular weight is 180 g/mol. The van der Waals surface area contributed by atoms with Crippen molar-refractivity contribution in [1.29, 1.82) is 0 Å². The highest BCUT2D eigenvalue weighted by atomic mass is 16.3. The summed E-state index contributed by atoms with van der Waals surface area (Å²) in [5.74, 6) is 0.401. The summed E-state index contributed by atoms with van der Waals surface area (Å²) in [6.07, 6.45) is 7.62. The van der Waals surface area contributed by atoms with E-state index in [0.717, 1.165) is 0 Å². The summed E-state index contributed by atoms with van der Waals surface area (Å²) in [6, 6.07) is 0. The second kappa shape index (κ2) is 3.13. The third-order valence-corrected chi connectivity index (χ3v) is 4.12. The first kappa shape index (κ1) is 9.26. The molecule has 0 aromatic heterocycles. The molecule has 13 heavy (non-hydrogen) atoms. The lowest BCUT2D eigenvalue weighted by atomic mass is 9.52. The fourth-order valence-electron chi connectivity index (χ4n) is 3.14. The van der Waals surface area contributed by atoms with Crippen molar-refractivity contribution in [3.63, 3.8) is 0 Å². The molecule has 1 spiro atoms. The van der Waals surface area contributed by atoms with Gasteiger partial charge in [-0.2, -0.15) is 0 Å². The molecule has 0 saturated heterocycles. The third kappa shape index (κ3) is 1.34. The predicted octanol–water partition coefficient (Wildman–Crippen LogP) is 2.89. The van der Waals surface area contributed by atoms with E-state index in [1.807, 2.05) is 6.92 Å². The number of aliphatic hydroxyl groups excluding tert-OH is 1. The van der Waals surface area contributed by atoms with Crippen LogP contribution in [-0.4, -0.2) is 11.2 Å². The van der Waals surface area contributed by atoms with Gasteiger partial charge in [0.2, 0.25) is 0 Å². The van der Waals surface area contributed by atoms with Gasteiger partial charge in [0, 0.05) is 5.92 Å². The highest BCUT2D eigenvalue weighted by molar-refractivity contribution is 5.14. The number of rotatable bonds is 1. The molecule has 0 aromatic carbocycles. The van der Waals surface area contributed by atoms with Crippen LogP contribution in [0.25, 0.3) is 0 Å². The summed E-state index contributed by atoms with van der Waals surface area (Å²) in [6.45, 7) is 5.99. The van der Waals surface area contributed by atoms with Crippen molar-refractivity contribution in [3.8, 4) is 0 Å². The van der Waals surface area contributed by atoms with E-state index < -0.39 is 0 Å². The second-order valence-corrected chi connectivity index (χ2v) is 5.02. The highest BCUT2D eigenvalue weighted by Crippen LogP contribution is 2.56. The molecule has 0 amide bonds. The predicted molar refractivity (Wildman–Crippen MR) is 54.4 cm³/mol. The Balaban J connectivity index is 2.00. The number of hydrogen-bond donors (Lipinski definition) is 1. The van der Waals surface area contributed by atoms with Crippen LogP contribution < -0.4 is 0 Å². The van der Waals surface area contributed by atoms with Crippen molar-refractivity contribution >= 4 is 0 Å². The van der Waals surface area contributed by atoms with Gasteiger partial charge in [0.1, 0.15) is 0 Å². The number of aliphatic hydroxyl groups is 1. The molecule has 2 rings (SSSR count). The van der Waals surface area contributed by atoms with Gasteiger partial charge in [0.25, 0.3) is 0 Å². The first-order chi connectivity index (χ1) is 6.16. The molecule has 1 heteroatoms. The smallest absolute Gasteiger partial charge is 0.0661 e. The molecule has 0 aromatic rings. The van der Waals surface area contributed by atoms with Gasteiger partial charge in [-0.1, -0.05) is 31.4 Å². The Morgan fingerprint density at radius 2 is 1.92 bits per heavy atom. The van der Waals surface area contributed by atoms with Gasteiger partial charge < -0.3 is 5.11 Å². The highest BCUT2D eigenvalue weighted by Gasteiger charge is 2.52. The Hall–Kier alpha value is -0.300. The minimum Gasteiger partial charge on any atom is -0.392 e. The first-order valence-corrected chi connectivity index (χ1v) is 5.49. The summed E-state index contributed by atoms with van der Waals surface area (Å²) in [5, 5.41) is 10.1. The molecule has 0 bridgehead atoms. The Bertz CT molecular complexity index is 213. The molecule has 1 N–H and O–H groups in total. The van der Waals surface area contributed by atoms with E-state index in [4.69, 9.17) is 0 Å². The molecule has 74 valence electrons. The van der Waals surface area contributed by atoms with Gasteiger partial charge in [-0.25, -0.2) is 0 Å². The van der Waals surface area contributed by atoms with Crippen LogP contribution in [0, 0.1) is 11.3 Å². The zero-order valence-corrected chi connectivity index (χ0v) is 8.55. The zero-order chi connectivity index (χ0) is 9.47. The van der Waals surface area contributed by atoms with Gasteiger partial charge in [-0.15, -0.1) is 0 Å². The Labute approximate surface area is 80.8 Å². The fourth-order valence-corrected chi connectivity index (χ4v) is 3.14. The molecule has 1 nitrogen and oxygen atoms in total. The van der Waals surface area contributed by atoms with Crippen molar-refractivity contribution in [1.82, 2.24) is 0 Å². The largest absolute Gasteiger partial charge is 0.392 e. The SMILES string of the molecule is C=C(C)[C@@H]1CC2(CCCCC2)[C@@H]1O. The van der Waals surface area contributed by atoms with Crippen molar-refractivity contribution in [2.24, 2.45) is 11.3 Å². The van der Waals surface area contributed by atoms with Crippen LogP contribution in [-0.2, 0) is 0 Å². The van der Waals surface area contributed by atoms with Crippen LogP contribution >= 0.6 is 0 Å². The number of hydrogen-bond acceptors (Lipinski definition) is 1. The standard InChI is InChI=1S/C12H20O/c1-9(2)10-8-12(11(10)13)6-4-3-5-7-12/h10-11,13H,1,3-8H2,2H3/t10-,11+/m0/s1. The molecule has 0 heterocycles. The van der Waals surface area contributed by atoms with E-state index >= 15 is 0 Å². The topological polar surface area (TPSA) is 20.2 Å². The summed E-state index contributed by atoms with van der Waals surface area (Å²) < 4.78 is 0. The third-order valence-electron chi connectivity index (χ3n) is 4.12. The lowest BCUT2D eigenvalue weighted by molar-refractivity contribution is -0.125. The van der Waals surface area contributed by atoms with E-state index in [1.54, 1.807) is 0 Å². The van der Waals surface area contributed by atoms with Gasteiger partial charge in [-0.05, 0) is 31.6 Å². The molecule has 0 unspecified atom stereocenters. The molecule has 2 aliphatic carbocycles. The molecule has 0 aliphatic heterocycles. The maximum atomic E-state index is 10.1. The van der Waals surface area contributed by atoms with Crippen LogP contribution in [0.5, 0.6) is 0 Å². The molecular formula is C12H20O. The minimum atomic E-state index is -0.0784. The van der Waals surface area contributed by atoms with E-state index in [1.165, 1.54) is 44.1 Å². The zero-order valence-electron chi connectivity index (χ0n) is 8.55. The Morgan fingerprint density at radius 1 is 1.31 bits per heavy atom. The maximum absolute atomic E-state index is 10.1. The lowest BCUT2D eigenvalue weighted by Gasteiger charge is -2.55. The molecule has 2 atom stereocenters. The normalized spacial score (nSPS) is 37.1. The summed E-state index contributed by atoms with van der Waals surface area (Å²) in [5.41, 5.74) is 1.48. The summed E-state index contributed by atoms with van der Waals surface area (Å²) in [7, 11) is 0. The van der Waals surface area contributed by atoms with Crippen LogP contribution in [0.15, 0.2) is 12.2 Å². The van der Waals surface area contributed by atoms with Crippen molar-refractivity contribution < 1.29 is 5.11 Å². The van der Waals surface area contributed by atoms with Crippen LogP contribution in [0.1, 0.15) is 45.4 Å². The molecule has 2 fully saturated rings.